The summed E-state index contributed by atoms with van der Waals surface area (Å²) in [5, 5.41) is 9.28. The Morgan fingerprint density at radius 1 is 0.410 bits per heavy atom. The summed E-state index contributed by atoms with van der Waals surface area (Å²) >= 11 is 23.2. The summed E-state index contributed by atoms with van der Waals surface area (Å²) < 4.78 is 111. The van der Waals surface area contributed by atoms with Crippen LogP contribution in [0.1, 0.15) is 74.9 Å². The first-order chi connectivity index (χ1) is 39.3. The quantitative estimate of drug-likeness (QED) is 0.105. The van der Waals surface area contributed by atoms with Crippen LogP contribution in [-0.4, -0.2) is 20.3 Å². The van der Waals surface area contributed by atoms with Gasteiger partial charge in [-0.1, -0.05) is 60.7 Å². The van der Waals surface area contributed by atoms with Crippen molar-refractivity contribution in [1.82, 2.24) is 20.3 Å². The van der Waals surface area contributed by atoms with Gasteiger partial charge in [-0.3, -0.25) is 0 Å². The molecule has 0 spiro atoms. The fraction of sp³-hybridized carbons (Fsp3) is 0.188. The van der Waals surface area contributed by atoms with E-state index in [1.807, 2.05) is 41.5 Å². The minimum atomic E-state index is -4.70. The molecule has 0 amide bonds. The number of hydrogen-bond acceptors (Lipinski definition) is 8. The summed E-state index contributed by atoms with van der Waals surface area (Å²) in [5.74, 6) is -0.0864. The number of aromatic nitrogens is 4. The van der Waals surface area contributed by atoms with E-state index in [2.05, 4.69) is 80.9 Å². The van der Waals surface area contributed by atoms with Crippen molar-refractivity contribution < 1.29 is 65.1 Å². The zero-order valence-electron chi connectivity index (χ0n) is 45.3. The molecule has 0 aliphatic carbocycles. The number of rotatable bonds is 13. The van der Waals surface area contributed by atoms with Crippen molar-refractivity contribution >= 4 is 46.4 Å². The Kier molecular flexibility index (Phi) is 18.5. The molecule has 0 N–H and O–H groups in total. The van der Waals surface area contributed by atoms with Crippen molar-refractivity contribution in [3.8, 4) is 79.4 Å². The summed E-state index contributed by atoms with van der Waals surface area (Å²) in [6, 6.07) is 47.3. The van der Waals surface area contributed by atoms with Gasteiger partial charge in [-0.05, 0) is 24.0 Å². The molecule has 0 unspecified atom stereocenters. The molecule has 83 heavy (non-hydrogen) atoms. The first-order valence-electron chi connectivity index (χ1n) is 25.8. The minimum Gasteiger partial charge on any atom is -0.0622 e. The molecular formula is C64H50Cl4F6N4O4Zr. The molecule has 0 saturated heterocycles. The fourth-order valence-electron chi connectivity index (χ4n) is 8.79. The molecule has 0 bridgehead atoms. The first kappa shape index (κ1) is 60.8. The van der Waals surface area contributed by atoms with E-state index in [-0.39, 0.29) is 99.5 Å². The Bertz CT molecular complexity index is 3630. The summed E-state index contributed by atoms with van der Waals surface area (Å²) in [6.45, 7) is 11.5. The Morgan fingerprint density at radius 2 is 0.747 bits per heavy atom. The van der Waals surface area contributed by atoms with Crippen molar-refractivity contribution in [2.75, 3.05) is 0 Å². The summed E-state index contributed by atoms with van der Waals surface area (Å²) in [4.78, 5) is 9.31. The average Bonchev–Trinajstić information content (AvgIpc) is 3.46. The maximum atomic E-state index is 14.3. The van der Waals surface area contributed by atoms with Crippen LogP contribution in [-0.2, 0) is 60.1 Å². The molecule has 8 aromatic carbocycles. The van der Waals surface area contributed by atoms with Gasteiger partial charge in [0.05, 0.1) is 0 Å². The van der Waals surface area contributed by atoms with Crippen LogP contribution >= 0.6 is 46.4 Å². The van der Waals surface area contributed by atoms with Crippen molar-refractivity contribution in [3.05, 3.63) is 223 Å². The van der Waals surface area contributed by atoms with Crippen LogP contribution in [0, 0.1) is 0 Å². The zero-order valence-corrected chi connectivity index (χ0v) is 50.8. The van der Waals surface area contributed by atoms with Crippen LogP contribution in [0.3, 0.4) is 0 Å². The number of alkyl halides is 6. The van der Waals surface area contributed by atoms with Crippen LogP contribution in [0.2, 0.25) is 20.1 Å². The second-order valence-corrected chi connectivity index (χ2v) is 24.3. The maximum absolute atomic E-state index is 14.3. The monoisotopic (exact) mass is 1280 g/mol. The third kappa shape index (κ3) is 14.6. The third-order valence-corrected chi connectivity index (χ3v) is 15.9. The molecule has 2 heterocycles. The van der Waals surface area contributed by atoms with Crippen LogP contribution < -0.4 is 5.63 Å². The molecule has 0 aliphatic heterocycles. The minimum absolute atomic E-state index is 0.0240. The molecule has 19 heteroatoms. The van der Waals surface area contributed by atoms with Gasteiger partial charge in [0.25, 0.3) is 0 Å². The van der Waals surface area contributed by atoms with E-state index in [0.29, 0.717) is 11.1 Å². The Balaban J connectivity index is 0.000000514. The zero-order chi connectivity index (χ0) is 59.4. The molecule has 2 aromatic heterocycles. The van der Waals surface area contributed by atoms with Crippen LogP contribution in [0.15, 0.2) is 179 Å². The standard InChI is InChI=1S/2C25H19Cl2F3N2O2.C14H14.Zr/c2*1-24(2,3)15-11-16(13-6-4-7-14(10-13)25(28,29)30)21(33)17(12-15)23-31-22(32-34-23)20-18(26)8-5-9-19(20)27;1-3-7-13(8-4-1)11-12-14-9-5-2-6-10-14;/h2*4-12,33H,1-3H3;1-10H,11-12H2;/q;;;+2/p-2. The topological polar surface area (TPSA) is 96.3 Å². The SMILES string of the molecule is CC(C)(C)c1cc(-c2cccc(C(F)(F)F)c2)c([O][Zr][O]c2c(-c3cccc(C(F)(F)F)c3)cc(C(C)(C)C)cc2-c2nc(-c3c(Cl)cccc3Cl)no2)c(-c2nc(-c3c(Cl)cccc3Cl)no2)c1.c1ccc(CCc2ccccc2)cc1. The number of aryl methyl sites for hydroxylation is 2. The molecule has 0 radical (unpaired) electrons. The van der Waals surface area contributed by atoms with E-state index < -0.39 is 58.4 Å². The van der Waals surface area contributed by atoms with Crippen LogP contribution in [0.25, 0.3) is 67.9 Å². The summed E-state index contributed by atoms with van der Waals surface area (Å²) in [6.07, 6.45) is -7.13. The van der Waals surface area contributed by atoms with Gasteiger partial charge in [-0.25, -0.2) is 0 Å². The molecule has 0 saturated carbocycles. The van der Waals surface area contributed by atoms with E-state index in [0.717, 1.165) is 37.1 Å². The Labute approximate surface area is 508 Å². The van der Waals surface area contributed by atoms with Crippen LogP contribution in [0.4, 0.5) is 26.3 Å². The van der Waals surface area contributed by atoms with E-state index in [1.165, 1.54) is 35.4 Å². The maximum Gasteiger partial charge on any atom is -0.0238 e. The molecule has 8 nitrogen and oxygen atoms in total. The second kappa shape index (κ2) is 25.2. The average molecular weight is 1290 g/mol. The number of halogens is 10. The number of nitrogens with zero attached hydrogens (tertiary/aromatic N) is 4. The Morgan fingerprint density at radius 3 is 1.08 bits per heavy atom. The molecule has 0 atom stereocenters. The Hall–Kier alpha value is -6.74. The fourth-order valence-corrected chi connectivity index (χ4v) is 11.5. The smallest absolute Gasteiger partial charge is 0.0238 e. The van der Waals surface area contributed by atoms with Crippen molar-refractivity contribution in [3.63, 3.8) is 0 Å². The molecular weight excluding hydrogens is 1240 g/mol. The van der Waals surface area contributed by atoms with Gasteiger partial charge in [0.15, 0.2) is 0 Å². The predicted molar refractivity (Wildman–Crippen MR) is 310 cm³/mol. The molecule has 10 aromatic rings. The first-order valence-corrected chi connectivity index (χ1v) is 29.3. The predicted octanol–water partition coefficient (Wildman–Crippen LogP) is 20.5. The van der Waals surface area contributed by atoms with Crippen molar-refractivity contribution in [2.24, 2.45) is 0 Å². The van der Waals surface area contributed by atoms with E-state index in [1.54, 1.807) is 60.7 Å². The van der Waals surface area contributed by atoms with Gasteiger partial charge in [0.2, 0.25) is 0 Å². The molecule has 0 fully saturated rings. The van der Waals surface area contributed by atoms with Crippen molar-refractivity contribution in [2.45, 2.75) is 77.6 Å². The van der Waals surface area contributed by atoms with Crippen LogP contribution in [0.5, 0.6) is 11.5 Å². The molecule has 10 rings (SSSR count). The van der Waals surface area contributed by atoms with E-state index in [4.69, 9.17) is 61.1 Å². The third-order valence-electron chi connectivity index (χ3n) is 13.3. The van der Waals surface area contributed by atoms with Gasteiger partial charge < -0.3 is 0 Å². The van der Waals surface area contributed by atoms with Gasteiger partial charge in [0.1, 0.15) is 0 Å². The van der Waals surface area contributed by atoms with Gasteiger partial charge in [-0.2, -0.15) is 0 Å². The molecule has 0 aliphatic rings. The van der Waals surface area contributed by atoms with Gasteiger partial charge in [-0.15, -0.1) is 0 Å². The van der Waals surface area contributed by atoms with Gasteiger partial charge >= 0.3 is 428 Å². The van der Waals surface area contributed by atoms with E-state index >= 15 is 0 Å². The summed E-state index contributed by atoms with van der Waals surface area (Å²) in [5.41, 5.74) is 2.82. The van der Waals surface area contributed by atoms with E-state index in [9.17, 15) is 26.3 Å². The van der Waals surface area contributed by atoms with Crippen molar-refractivity contribution in [1.29, 1.82) is 0 Å². The second-order valence-electron chi connectivity index (χ2n) is 21.3. The number of hydrogen-bond donors (Lipinski definition) is 0. The summed E-state index contributed by atoms with van der Waals surface area (Å²) in [7, 11) is 0. The molecule has 424 valence electrons. The normalized spacial score (nSPS) is 12.0. The number of benzene rings is 8. The largest absolute Gasteiger partial charge is 0.0622 e. The van der Waals surface area contributed by atoms with Gasteiger partial charge in [0, 0.05) is 0 Å².